The monoisotopic (exact) mass is 426 g/mol. The fourth-order valence-electron chi connectivity index (χ4n) is 3.31. The molecular formula is C23H17F3N2O3. The molecule has 2 heterocycles. The Morgan fingerprint density at radius 3 is 2.23 bits per heavy atom. The maximum Gasteiger partial charge on any atom is 0.573 e. The normalized spacial score (nSPS) is 11.5. The van der Waals surface area contributed by atoms with E-state index in [1.165, 1.54) is 24.3 Å². The van der Waals surface area contributed by atoms with Crippen molar-refractivity contribution in [1.82, 2.24) is 9.97 Å². The highest BCUT2D eigenvalue weighted by atomic mass is 19.4. The smallest absolute Gasteiger partial charge is 0.497 e. The lowest BCUT2D eigenvalue weighted by atomic mass is 10.0. The highest BCUT2D eigenvalue weighted by molar-refractivity contribution is 5.84. The van der Waals surface area contributed by atoms with Crippen LogP contribution >= 0.6 is 0 Å². The number of aromatic amines is 1. The quantitative estimate of drug-likeness (QED) is 0.470. The van der Waals surface area contributed by atoms with Gasteiger partial charge in [0.15, 0.2) is 5.43 Å². The molecule has 0 bridgehead atoms. The van der Waals surface area contributed by atoms with Gasteiger partial charge in [0.25, 0.3) is 0 Å². The van der Waals surface area contributed by atoms with Crippen molar-refractivity contribution in [2.45, 2.75) is 13.3 Å². The summed E-state index contributed by atoms with van der Waals surface area (Å²) in [7, 11) is 1.55. The van der Waals surface area contributed by atoms with Gasteiger partial charge in [0.05, 0.1) is 24.0 Å². The highest BCUT2D eigenvalue weighted by Gasteiger charge is 2.30. The maximum atomic E-state index is 12.8. The van der Waals surface area contributed by atoms with Crippen LogP contribution in [0.3, 0.4) is 0 Å². The minimum Gasteiger partial charge on any atom is -0.497 e. The molecule has 1 N–H and O–H groups in total. The molecule has 4 rings (SSSR count). The van der Waals surface area contributed by atoms with E-state index in [0.717, 1.165) is 0 Å². The molecule has 0 aliphatic rings. The molecule has 8 heteroatoms. The average molecular weight is 426 g/mol. The summed E-state index contributed by atoms with van der Waals surface area (Å²) in [6.45, 7) is 1.73. The number of aromatic nitrogens is 2. The van der Waals surface area contributed by atoms with Gasteiger partial charge >= 0.3 is 6.36 Å². The summed E-state index contributed by atoms with van der Waals surface area (Å²) in [5.74, 6) is 0.333. The van der Waals surface area contributed by atoms with Crippen LogP contribution < -0.4 is 14.9 Å². The zero-order chi connectivity index (χ0) is 22.2. The van der Waals surface area contributed by atoms with Gasteiger partial charge in [-0.3, -0.25) is 9.78 Å². The zero-order valence-electron chi connectivity index (χ0n) is 16.6. The lowest BCUT2D eigenvalue weighted by molar-refractivity contribution is -0.274. The van der Waals surface area contributed by atoms with E-state index in [1.807, 2.05) is 0 Å². The number of methoxy groups -OCH3 is 1. The zero-order valence-corrected chi connectivity index (χ0v) is 16.6. The third kappa shape index (κ3) is 4.23. The van der Waals surface area contributed by atoms with Crippen LogP contribution in [0.4, 0.5) is 13.2 Å². The lowest BCUT2D eigenvalue weighted by Crippen LogP contribution is -2.16. The van der Waals surface area contributed by atoms with Gasteiger partial charge in [-0.05, 0) is 42.8 Å². The minimum absolute atomic E-state index is 0.0995. The molecule has 0 unspecified atom stereocenters. The predicted molar refractivity (Wildman–Crippen MR) is 111 cm³/mol. The van der Waals surface area contributed by atoms with E-state index in [4.69, 9.17) is 4.74 Å². The fraction of sp³-hybridized carbons (Fsp3) is 0.130. The Labute approximate surface area is 175 Å². The van der Waals surface area contributed by atoms with Crippen LogP contribution in [0.25, 0.3) is 33.4 Å². The van der Waals surface area contributed by atoms with Crippen molar-refractivity contribution in [3.05, 3.63) is 76.6 Å². The molecule has 2 aromatic heterocycles. The van der Waals surface area contributed by atoms with E-state index in [-0.39, 0.29) is 11.2 Å². The SMILES string of the molecule is COc1ccc2c(=O)c(C)c(-c3ccc(-c4ccc(OC(F)(F)F)cc4)cn3)[nH]c2c1. The van der Waals surface area contributed by atoms with Crippen molar-refractivity contribution in [3.8, 4) is 34.0 Å². The molecule has 0 aliphatic carbocycles. The molecule has 4 aromatic rings. The van der Waals surface area contributed by atoms with Crippen LogP contribution in [-0.4, -0.2) is 23.4 Å². The van der Waals surface area contributed by atoms with Crippen molar-refractivity contribution < 1.29 is 22.6 Å². The summed E-state index contributed by atoms with van der Waals surface area (Å²) < 4.78 is 46.0. The molecule has 0 spiro atoms. The van der Waals surface area contributed by atoms with Crippen molar-refractivity contribution >= 4 is 10.9 Å². The number of fused-ring (bicyclic) bond motifs is 1. The van der Waals surface area contributed by atoms with E-state index in [2.05, 4.69) is 14.7 Å². The molecular weight excluding hydrogens is 409 g/mol. The third-order valence-corrected chi connectivity index (χ3v) is 4.89. The Morgan fingerprint density at radius 1 is 0.935 bits per heavy atom. The second-order valence-electron chi connectivity index (χ2n) is 6.87. The molecule has 0 aliphatic heterocycles. The number of hydrogen-bond donors (Lipinski definition) is 1. The molecule has 2 aromatic carbocycles. The van der Waals surface area contributed by atoms with Gasteiger partial charge < -0.3 is 14.5 Å². The number of H-pyrrole nitrogens is 1. The largest absolute Gasteiger partial charge is 0.573 e. The van der Waals surface area contributed by atoms with E-state index >= 15 is 0 Å². The number of hydrogen-bond acceptors (Lipinski definition) is 4. The first-order chi connectivity index (χ1) is 14.7. The predicted octanol–water partition coefficient (Wildman–Crippen LogP) is 5.47. The van der Waals surface area contributed by atoms with Gasteiger partial charge in [0, 0.05) is 28.8 Å². The van der Waals surface area contributed by atoms with E-state index in [0.29, 0.717) is 44.7 Å². The number of nitrogens with one attached hydrogen (secondary N) is 1. The van der Waals surface area contributed by atoms with Gasteiger partial charge in [0.1, 0.15) is 11.5 Å². The number of halogens is 3. The first kappa shape index (κ1) is 20.5. The van der Waals surface area contributed by atoms with Crippen LogP contribution in [0.15, 0.2) is 65.6 Å². The maximum absolute atomic E-state index is 12.8. The number of nitrogens with zero attached hydrogens (tertiary/aromatic N) is 1. The van der Waals surface area contributed by atoms with Crippen LogP contribution in [0, 0.1) is 6.92 Å². The van der Waals surface area contributed by atoms with Crippen LogP contribution in [0.1, 0.15) is 5.56 Å². The first-order valence-electron chi connectivity index (χ1n) is 9.28. The highest BCUT2D eigenvalue weighted by Crippen LogP contribution is 2.28. The summed E-state index contributed by atoms with van der Waals surface area (Å²) in [4.78, 5) is 20.5. The Morgan fingerprint density at radius 2 is 1.61 bits per heavy atom. The van der Waals surface area contributed by atoms with Gasteiger partial charge in [-0.2, -0.15) is 0 Å². The second kappa shape index (κ2) is 7.79. The first-order valence-corrected chi connectivity index (χ1v) is 9.28. The molecule has 0 saturated carbocycles. The standard InChI is InChI=1S/C23H17F3N2O3/c1-13-21(28-20-11-17(30-2)8-9-18(20)22(13)29)19-10-5-15(12-27-19)14-3-6-16(7-4-14)31-23(24,25)26/h3-12H,1-2H3,(H,28,29). The van der Waals surface area contributed by atoms with Crippen molar-refractivity contribution in [2.24, 2.45) is 0 Å². The van der Waals surface area contributed by atoms with E-state index < -0.39 is 6.36 Å². The van der Waals surface area contributed by atoms with Gasteiger partial charge in [-0.15, -0.1) is 13.2 Å². The molecule has 0 fully saturated rings. The fourth-order valence-corrected chi connectivity index (χ4v) is 3.31. The molecule has 5 nitrogen and oxygen atoms in total. The van der Waals surface area contributed by atoms with Crippen LogP contribution in [0.2, 0.25) is 0 Å². The van der Waals surface area contributed by atoms with E-state index in [9.17, 15) is 18.0 Å². The number of pyridine rings is 2. The molecule has 0 amide bonds. The lowest BCUT2D eigenvalue weighted by Gasteiger charge is -2.11. The van der Waals surface area contributed by atoms with Crippen molar-refractivity contribution in [1.29, 1.82) is 0 Å². The number of rotatable bonds is 4. The van der Waals surface area contributed by atoms with Gasteiger partial charge in [0.2, 0.25) is 0 Å². The topological polar surface area (TPSA) is 64.2 Å². The summed E-state index contributed by atoms with van der Waals surface area (Å²) >= 11 is 0. The van der Waals surface area contributed by atoms with Crippen molar-refractivity contribution in [3.63, 3.8) is 0 Å². The second-order valence-corrected chi connectivity index (χ2v) is 6.87. The Balaban J connectivity index is 1.67. The number of alkyl halides is 3. The van der Waals surface area contributed by atoms with Crippen molar-refractivity contribution in [2.75, 3.05) is 7.11 Å². The summed E-state index contributed by atoms with van der Waals surface area (Å²) in [6.07, 6.45) is -3.13. The number of ether oxygens (including phenoxy) is 2. The summed E-state index contributed by atoms with van der Waals surface area (Å²) in [5.41, 5.74) is 3.62. The Kier molecular flexibility index (Phi) is 5.14. The molecule has 0 radical (unpaired) electrons. The summed E-state index contributed by atoms with van der Waals surface area (Å²) in [5, 5.41) is 0.555. The molecule has 0 atom stereocenters. The van der Waals surface area contributed by atoms with Gasteiger partial charge in [-0.1, -0.05) is 18.2 Å². The number of benzene rings is 2. The van der Waals surface area contributed by atoms with Crippen LogP contribution in [0.5, 0.6) is 11.5 Å². The van der Waals surface area contributed by atoms with Gasteiger partial charge in [-0.25, -0.2) is 0 Å². The third-order valence-electron chi connectivity index (χ3n) is 4.89. The molecule has 31 heavy (non-hydrogen) atoms. The molecule has 0 saturated heterocycles. The minimum atomic E-state index is -4.73. The Hall–Kier alpha value is -3.81. The average Bonchev–Trinajstić information content (AvgIpc) is 2.75. The van der Waals surface area contributed by atoms with Crippen LogP contribution in [-0.2, 0) is 0 Å². The summed E-state index contributed by atoms with van der Waals surface area (Å²) in [6, 6.07) is 14.3. The Bertz CT molecular complexity index is 1300. The molecule has 158 valence electrons. The van der Waals surface area contributed by atoms with E-state index in [1.54, 1.807) is 50.6 Å².